The quantitative estimate of drug-likeness (QED) is 0.727. The van der Waals surface area contributed by atoms with Crippen LogP contribution in [0, 0.1) is 5.41 Å². The fraction of sp³-hybridized carbons (Fsp3) is 0.533. The molecule has 0 aromatic carbocycles. The van der Waals surface area contributed by atoms with E-state index in [1.165, 1.54) is 11.1 Å². The Kier molecular flexibility index (Phi) is 4.28. The first-order chi connectivity index (χ1) is 7.42. The standard InChI is InChI=1S/C15H23N/c1-6-7-12(2)14-10-13(8-9-16-14)11-15(3,4)5/h7-10H,6,11H2,1-5H3/b12-7+. The topological polar surface area (TPSA) is 12.9 Å². The Morgan fingerprint density at radius 1 is 1.38 bits per heavy atom. The van der Waals surface area contributed by atoms with Gasteiger partial charge < -0.3 is 0 Å². The number of hydrogen-bond donors (Lipinski definition) is 0. The van der Waals surface area contributed by atoms with Crippen LogP contribution in [0.2, 0.25) is 0 Å². The van der Waals surface area contributed by atoms with Crippen LogP contribution in [0.1, 0.15) is 52.3 Å². The molecular formula is C15H23N. The van der Waals surface area contributed by atoms with Gasteiger partial charge in [0.15, 0.2) is 0 Å². The van der Waals surface area contributed by atoms with E-state index in [4.69, 9.17) is 0 Å². The molecule has 0 radical (unpaired) electrons. The van der Waals surface area contributed by atoms with Crippen molar-refractivity contribution in [3.63, 3.8) is 0 Å². The molecule has 0 spiro atoms. The van der Waals surface area contributed by atoms with Gasteiger partial charge in [0.2, 0.25) is 0 Å². The van der Waals surface area contributed by atoms with E-state index in [1.807, 2.05) is 6.20 Å². The maximum absolute atomic E-state index is 4.42. The van der Waals surface area contributed by atoms with Crippen molar-refractivity contribution < 1.29 is 0 Å². The van der Waals surface area contributed by atoms with Crippen LogP contribution in [-0.4, -0.2) is 4.98 Å². The largest absolute Gasteiger partial charge is 0.257 e. The molecule has 0 aliphatic heterocycles. The maximum Gasteiger partial charge on any atom is 0.0658 e. The molecular weight excluding hydrogens is 194 g/mol. The van der Waals surface area contributed by atoms with Crippen LogP contribution >= 0.6 is 0 Å². The zero-order valence-electron chi connectivity index (χ0n) is 11.2. The molecule has 0 amide bonds. The minimum Gasteiger partial charge on any atom is -0.257 e. The van der Waals surface area contributed by atoms with Crippen molar-refractivity contribution in [1.29, 1.82) is 0 Å². The van der Waals surface area contributed by atoms with Crippen molar-refractivity contribution in [3.05, 3.63) is 35.7 Å². The van der Waals surface area contributed by atoms with E-state index in [2.05, 4.69) is 57.8 Å². The summed E-state index contributed by atoms with van der Waals surface area (Å²) in [4.78, 5) is 4.42. The van der Waals surface area contributed by atoms with Gasteiger partial charge in [0.25, 0.3) is 0 Å². The molecule has 0 saturated heterocycles. The summed E-state index contributed by atoms with van der Waals surface area (Å²) in [5.74, 6) is 0. The summed E-state index contributed by atoms with van der Waals surface area (Å²) in [5, 5.41) is 0. The molecule has 0 saturated carbocycles. The summed E-state index contributed by atoms with van der Waals surface area (Å²) in [6.45, 7) is 11.1. The molecule has 88 valence electrons. The Balaban J connectivity index is 2.91. The number of nitrogens with zero attached hydrogens (tertiary/aromatic N) is 1. The molecule has 0 fully saturated rings. The third-order valence-electron chi connectivity index (χ3n) is 2.47. The van der Waals surface area contributed by atoms with Gasteiger partial charge in [-0.25, -0.2) is 0 Å². The monoisotopic (exact) mass is 217 g/mol. The highest BCUT2D eigenvalue weighted by Gasteiger charge is 2.11. The molecule has 0 aliphatic carbocycles. The van der Waals surface area contributed by atoms with Crippen molar-refractivity contribution in [1.82, 2.24) is 4.98 Å². The Labute approximate surface area is 99.6 Å². The van der Waals surface area contributed by atoms with Gasteiger partial charge in [0.1, 0.15) is 0 Å². The summed E-state index contributed by atoms with van der Waals surface area (Å²) >= 11 is 0. The molecule has 16 heavy (non-hydrogen) atoms. The van der Waals surface area contributed by atoms with Gasteiger partial charge >= 0.3 is 0 Å². The van der Waals surface area contributed by atoms with Gasteiger partial charge in [-0.2, -0.15) is 0 Å². The summed E-state index contributed by atoms with van der Waals surface area (Å²) in [7, 11) is 0. The average Bonchev–Trinajstić information content (AvgIpc) is 2.16. The summed E-state index contributed by atoms with van der Waals surface area (Å²) in [6.07, 6.45) is 6.31. The molecule has 1 nitrogen and oxygen atoms in total. The van der Waals surface area contributed by atoms with Gasteiger partial charge in [-0.3, -0.25) is 4.98 Å². The summed E-state index contributed by atoms with van der Waals surface area (Å²) in [6, 6.07) is 4.33. The van der Waals surface area contributed by atoms with E-state index in [-0.39, 0.29) is 0 Å². The Hall–Kier alpha value is -1.11. The highest BCUT2D eigenvalue weighted by molar-refractivity contribution is 5.60. The van der Waals surface area contributed by atoms with E-state index in [1.54, 1.807) is 0 Å². The molecule has 0 unspecified atom stereocenters. The Morgan fingerprint density at radius 2 is 2.06 bits per heavy atom. The average molecular weight is 217 g/mol. The van der Waals surface area contributed by atoms with E-state index < -0.39 is 0 Å². The zero-order valence-corrected chi connectivity index (χ0v) is 11.2. The lowest BCUT2D eigenvalue weighted by atomic mass is 9.88. The first kappa shape index (κ1) is 13.0. The van der Waals surface area contributed by atoms with Crippen molar-refractivity contribution in [3.8, 4) is 0 Å². The molecule has 1 aromatic heterocycles. The predicted molar refractivity (Wildman–Crippen MR) is 71.3 cm³/mol. The van der Waals surface area contributed by atoms with Crippen molar-refractivity contribution in [2.45, 2.75) is 47.5 Å². The number of aromatic nitrogens is 1. The minimum absolute atomic E-state index is 0.334. The van der Waals surface area contributed by atoms with E-state index in [0.29, 0.717) is 5.41 Å². The van der Waals surface area contributed by atoms with Crippen LogP contribution in [0.3, 0.4) is 0 Å². The van der Waals surface area contributed by atoms with E-state index in [0.717, 1.165) is 18.5 Å². The summed E-state index contributed by atoms with van der Waals surface area (Å²) < 4.78 is 0. The molecule has 1 aromatic rings. The van der Waals surface area contributed by atoms with Gasteiger partial charge in [-0.05, 0) is 48.4 Å². The van der Waals surface area contributed by atoms with Crippen LogP contribution in [0.4, 0.5) is 0 Å². The van der Waals surface area contributed by atoms with Crippen LogP contribution in [0.25, 0.3) is 5.57 Å². The van der Waals surface area contributed by atoms with Crippen LogP contribution in [-0.2, 0) is 6.42 Å². The highest BCUT2D eigenvalue weighted by atomic mass is 14.7. The number of allylic oxidation sites excluding steroid dienone is 2. The third-order valence-corrected chi connectivity index (χ3v) is 2.47. The van der Waals surface area contributed by atoms with Gasteiger partial charge in [-0.15, -0.1) is 0 Å². The zero-order chi connectivity index (χ0) is 12.2. The van der Waals surface area contributed by atoms with Crippen LogP contribution in [0.15, 0.2) is 24.4 Å². The minimum atomic E-state index is 0.334. The predicted octanol–water partition coefficient (Wildman–Crippen LogP) is 4.48. The molecule has 0 atom stereocenters. The first-order valence-electron chi connectivity index (χ1n) is 6.04. The normalized spacial score (nSPS) is 12.9. The van der Waals surface area contributed by atoms with Crippen molar-refractivity contribution in [2.75, 3.05) is 0 Å². The van der Waals surface area contributed by atoms with Gasteiger partial charge in [-0.1, -0.05) is 33.8 Å². The maximum atomic E-state index is 4.42. The van der Waals surface area contributed by atoms with Crippen LogP contribution in [0.5, 0.6) is 0 Å². The van der Waals surface area contributed by atoms with Crippen molar-refractivity contribution in [2.24, 2.45) is 5.41 Å². The second-order valence-corrected chi connectivity index (χ2v) is 5.58. The fourth-order valence-electron chi connectivity index (χ4n) is 1.82. The van der Waals surface area contributed by atoms with Crippen LogP contribution < -0.4 is 0 Å². The highest BCUT2D eigenvalue weighted by Crippen LogP contribution is 2.22. The number of rotatable bonds is 3. The second-order valence-electron chi connectivity index (χ2n) is 5.58. The number of hydrogen-bond acceptors (Lipinski definition) is 1. The third kappa shape index (κ3) is 4.18. The lowest BCUT2D eigenvalue weighted by Gasteiger charge is -2.18. The molecule has 1 heteroatoms. The van der Waals surface area contributed by atoms with Gasteiger partial charge in [0.05, 0.1) is 5.69 Å². The SMILES string of the molecule is CC/C=C(\C)c1cc(CC(C)(C)C)ccn1. The number of pyridine rings is 1. The van der Waals surface area contributed by atoms with E-state index in [9.17, 15) is 0 Å². The molecule has 0 bridgehead atoms. The Bertz CT molecular complexity index is 369. The fourth-order valence-corrected chi connectivity index (χ4v) is 1.82. The molecule has 0 aliphatic rings. The van der Waals surface area contributed by atoms with Gasteiger partial charge in [0, 0.05) is 6.20 Å². The first-order valence-corrected chi connectivity index (χ1v) is 6.04. The van der Waals surface area contributed by atoms with E-state index >= 15 is 0 Å². The lowest BCUT2D eigenvalue weighted by molar-refractivity contribution is 0.411. The second kappa shape index (κ2) is 5.29. The molecule has 1 rings (SSSR count). The lowest BCUT2D eigenvalue weighted by Crippen LogP contribution is -2.09. The smallest absolute Gasteiger partial charge is 0.0658 e. The Morgan fingerprint density at radius 3 is 2.62 bits per heavy atom. The molecule has 1 heterocycles. The van der Waals surface area contributed by atoms with Crippen molar-refractivity contribution >= 4 is 5.57 Å². The molecule has 0 N–H and O–H groups in total. The summed E-state index contributed by atoms with van der Waals surface area (Å²) in [5.41, 5.74) is 4.10.